The SMILES string of the molecule is O=C1CC(CC(=O)NC2CC(Cc3c(-c4ccc(F)cc4)[nH]c4c(F)cc(F)cc34)C2)C(=O)N1. The number of hydrogen-bond donors (Lipinski definition) is 3. The topological polar surface area (TPSA) is 91.1 Å². The predicted octanol–water partition coefficient (Wildman–Crippen LogP) is 3.74. The third-order valence-electron chi connectivity index (χ3n) is 6.66. The van der Waals surface area contributed by atoms with Gasteiger partial charge in [0.1, 0.15) is 17.5 Å². The maximum atomic E-state index is 14.4. The van der Waals surface area contributed by atoms with Crippen LogP contribution in [0.1, 0.15) is 31.2 Å². The molecule has 1 aliphatic heterocycles. The van der Waals surface area contributed by atoms with Gasteiger partial charge in [-0.3, -0.25) is 19.7 Å². The van der Waals surface area contributed by atoms with Crippen LogP contribution in [0, 0.1) is 29.3 Å². The summed E-state index contributed by atoms with van der Waals surface area (Å²) in [6.07, 6.45) is 1.87. The van der Waals surface area contributed by atoms with E-state index in [1.54, 1.807) is 12.1 Å². The van der Waals surface area contributed by atoms with E-state index in [2.05, 4.69) is 15.6 Å². The summed E-state index contributed by atoms with van der Waals surface area (Å²) in [5.41, 5.74) is 2.23. The first kappa shape index (κ1) is 22.2. The molecular formula is C25H22F3N3O3. The number of carbonyl (C=O) groups is 3. The number of nitrogens with one attached hydrogen (secondary N) is 3. The summed E-state index contributed by atoms with van der Waals surface area (Å²) in [7, 11) is 0. The first-order valence-corrected chi connectivity index (χ1v) is 11.2. The number of amides is 3. The van der Waals surface area contributed by atoms with E-state index in [-0.39, 0.29) is 42.1 Å². The summed E-state index contributed by atoms with van der Waals surface area (Å²) >= 11 is 0. The number of benzene rings is 2. The average Bonchev–Trinajstić information content (AvgIpc) is 3.26. The third kappa shape index (κ3) is 4.30. The number of H-pyrrole nitrogens is 1. The maximum Gasteiger partial charge on any atom is 0.230 e. The Labute approximate surface area is 192 Å². The fraction of sp³-hybridized carbons (Fsp3) is 0.320. The lowest BCUT2D eigenvalue weighted by molar-refractivity contribution is -0.129. The minimum Gasteiger partial charge on any atom is -0.353 e. The summed E-state index contributed by atoms with van der Waals surface area (Å²) < 4.78 is 41.9. The number of rotatable bonds is 6. The average molecular weight is 469 g/mol. The Kier molecular flexibility index (Phi) is 5.63. The fourth-order valence-electron chi connectivity index (χ4n) is 4.94. The number of imide groups is 1. The van der Waals surface area contributed by atoms with Gasteiger partial charge < -0.3 is 10.3 Å². The molecule has 1 unspecified atom stereocenters. The third-order valence-corrected chi connectivity index (χ3v) is 6.66. The van der Waals surface area contributed by atoms with Crippen LogP contribution in [0.3, 0.4) is 0 Å². The van der Waals surface area contributed by atoms with Crippen molar-refractivity contribution in [1.82, 2.24) is 15.6 Å². The van der Waals surface area contributed by atoms with Crippen LogP contribution in [-0.2, 0) is 20.8 Å². The summed E-state index contributed by atoms with van der Waals surface area (Å²) in [6.45, 7) is 0. The van der Waals surface area contributed by atoms with Gasteiger partial charge in [0.2, 0.25) is 17.7 Å². The van der Waals surface area contributed by atoms with E-state index >= 15 is 0 Å². The Bertz CT molecular complexity index is 1300. The molecule has 0 radical (unpaired) electrons. The molecule has 3 amide bonds. The van der Waals surface area contributed by atoms with Gasteiger partial charge in [0.25, 0.3) is 0 Å². The molecule has 1 aliphatic carbocycles. The normalized spacial score (nSPS) is 22.0. The van der Waals surface area contributed by atoms with Crippen molar-refractivity contribution in [3.63, 3.8) is 0 Å². The molecule has 1 atom stereocenters. The predicted molar refractivity (Wildman–Crippen MR) is 118 cm³/mol. The molecule has 5 rings (SSSR count). The Balaban J connectivity index is 1.29. The monoisotopic (exact) mass is 469 g/mol. The van der Waals surface area contributed by atoms with Gasteiger partial charge in [0.15, 0.2) is 0 Å². The molecule has 2 heterocycles. The Morgan fingerprint density at radius 3 is 2.44 bits per heavy atom. The van der Waals surface area contributed by atoms with E-state index in [0.717, 1.165) is 11.6 Å². The molecule has 1 aromatic heterocycles. The van der Waals surface area contributed by atoms with Crippen LogP contribution < -0.4 is 10.6 Å². The van der Waals surface area contributed by atoms with Gasteiger partial charge in [-0.25, -0.2) is 13.2 Å². The van der Waals surface area contributed by atoms with E-state index in [9.17, 15) is 27.6 Å². The number of carbonyl (C=O) groups excluding carboxylic acids is 3. The van der Waals surface area contributed by atoms with Gasteiger partial charge in [-0.2, -0.15) is 0 Å². The molecule has 2 fully saturated rings. The van der Waals surface area contributed by atoms with E-state index in [1.807, 2.05) is 0 Å². The molecule has 34 heavy (non-hydrogen) atoms. The van der Waals surface area contributed by atoms with Crippen LogP contribution in [0.2, 0.25) is 0 Å². The second-order valence-electron chi connectivity index (χ2n) is 9.12. The van der Waals surface area contributed by atoms with Crippen molar-refractivity contribution < 1.29 is 27.6 Å². The maximum absolute atomic E-state index is 14.4. The lowest BCUT2D eigenvalue weighted by Gasteiger charge is -2.36. The highest BCUT2D eigenvalue weighted by molar-refractivity contribution is 6.04. The molecule has 2 aromatic carbocycles. The van der Waals surface area contributed by atoms with E-state index in [0.29, 0.717) is 35.9 Å². The number of halogens is 3. The molecule has 3 aromatic rings. The zero-order valence-electron chi connectivity index (χ0n) is 18.1. The second-order valence-corrected chi connectivity index (χ2v) is 9.12. The molecule has 3 N–H and O–H groups in total. The molecule has 1 saturated carbocycles. The van der Waals surface area contributed by atoms with E-state index in [1.165, 1.54) is 18.2 Å². The summed E-state index contributed by atoms with van der Waals surface area (Å²) in [6, 6.07) is 7.86. The zero-order valence-corrected chi connectivity index (χ0v) is 18.1. The lowest BCUT2D eigenvalue weighted by Crippen LogP contribution is -2.45. The molecule has 1 saturated heterocycles. The Morgan fingerprint density at radius 1 is 1.03 bits per heavy atom. The molecule has 0 spiro atoms. The number of hydrogen-bond acceptors (Lipinski definition) is 3. The van der Waals surface area contributed by atoms with Crippen LogP contribution in [0.25, 0.3) is 22.2 Å². The first-order valence-electron chi connectivity index (χ1n) is 11.2. The molecule has 0 bridgehead atoms. The first-order chi connectivity index (χ1) is 16.3. The van der Waals surface area contributed by atoms with Crippen LogP contribution in [0.5, 0.6) is 0 Å². The van der Waals surface area contributed by atoms with Crippen molar-refractivity contribution in [2.75, 3.05) is 0 Å². The number of aromatic nitrogens is 1. The van der Waals surface area contributed by atoms with Gasteiger partial charge in [-0.05, 0) is 66.6 Å². The van der Waals surface area contributed by atoms with Crippen molar-refractivity contribution in [3.8, 4) is 11.3 Å². The molecule has 176 valence electrons. The zero-order chi connectivity index (χ0) is 24.0. The lowest BCUT2D eigenvalue weighted by atomic mass is 9.76. The van der Waals surface area contributed by atoms with Crippen LogP contribution in [-0.4, -0.2) is 28.7 Å². The Hall–Kier alpha value is -3.62. The standard InChI is InChI=1S/C25H22F3N3O3/c26-15-3-1-13(2-4-15)23-18(19-10-16(27)11-20(28)24(19)31-23)7-12-5-17(6-12)29-21(32)8-14-9-22(33)30-25(14)34/h1-4,10-12,14,17,31H,5-9H2,(H,29,32)(H,30,33,34). The molecule has 2 aliphatic rings. The second kappa shape index (κ2) is 8.62. The largest absolute Gasteiger partial charge is 0.353 e. The van der Waals surface area contributed by atoms with Crippen LogP contribution in [0.4, 0.5) is 13.2 Å². The van der Waals surface area contributed by atoms with Crippen molar-refractivity contribution in [2.45, 2.75) is 38.1 Å². The highest BCUT2D eigenvalue weighted by atomic mass is 19.1. The van der Waals surface area contributed by atoms with Gasteiger partial charge in [0.05, 0.1) is 11.4 Å². The van der Waals surface area contributed by atoms with Gasteiger partial charge in [-0.15, -0.1) is 0 Å². The Morgan fingerprint density at radius 2 is 1.76 bits per heavy atom. The highest BCUT2D eigenvalue weighted by Gasteiger charge is 2.35. The van der Waals surface area contributed by atoms with Crippen molar-refractivity contribution >= 4 is 28.6 Å². The fourth-order valence-corrected chi connectivity index (χ4v) is 4.94. The van der Waals surface area contributed by atoms with E-state index in [4.69, 9.17) is 0 Å². The summed E-state index contributed by atoms with van der Waals surface area (Å²) in [4.78, 5) is 38.2. The van der Waals surface area contributed by atoms with Crippen molar-refractivity contribution in [3.05, 3.63) is 59.4 Å². The molecule has 6 nitrogen and oxygen atoms in total. The van der Waals surface area contributed by atoms with Crippen molar-refractivity contribution in [1.29, 1.82) is 0 Å². The van der Waals surface area contributed by atoms with E-state index < -0.39 is 29.3 Å². The van der Waals surface area contributed by atoms with Gasteiger partial charge >= 0.3 is 0 Å². The van der Waals surface area contributed by atoms with Gasteiger partial charge in [-0.1, -0.05) is 0 Å². The van der Waals surface area contributed by atoms with Gasteiger partial charge in [0, 0.05) is 36.0 Å². The van der Waals surface area contributed by atoms with Crippen LogP contribution >= 0.6 is 0 Å². The minimum atomic E-state index is -0.696. The molecule has 9 heteroatoms. The quantitative estimate of drug-likeness (QED) is 0.481. The van der Waals surface area contributed by atoms with Crippen LogP contribution in [0.15, 0.2) is 36.4 Å². The smallest absolute Gasteiger partial charge is 0.230 e. The summed E-state index contributed by atoms with van der Waals surface area (Å²) in [5, 5.41) is 5.54. The number of aromatic amines is 1. The minimum absolute atomic E-state index is 0.0272. The summed E-state index contributed by atoms with van der Waals surface area (Å²) in [5.74, 6) is -3.28. The highest BCUT2D eigenvalue weighted by Crippen LogP contribution is 2.38. The molecular weight excluding hydrogens is 447 g/mol. The number of fused-ring (bicyclic) bond motifs is 1. The van der Waals surface area contributed by atoms with Crippen molar-refractivity contribution in [2.24, 2.45) is 11.8 Å².